The van der Waals surface area contributed by atoms with Gasteiger partial charge in [-0.1, -0.05) is 18.2 Å². The van der Waals surface area contributed by atoms with E-state index in [0.29, 0.717) is 5.88 Å². The second-order valence-electron chi connectivity index (χ2n) is 5.17. The van der Waals surface area contributed by atoms with Crippen molar-refractivity contribution in [1.82, 2.24) is 0 Å². The van der Waals surface area contributed by atoms with Gasteiger partial charge in [-0.2, -0.15) is 0 Å². The number of aryl methyl sites for hydroxylation is 2. The number of nitrogens with zero attached hydrogens (tertiary/aromatic N) is 1. The highest BCUT2D eigenvalue weighted by molar-refractivity contribution is 6.70. The lowest BCUT2D eigenvalue weighted by molar-refractivity contribution is 0.421. The first-order valence-electron chi connectivity index (χ1n) is 5.78. The zero-order chi connectivity index (χ0) is 13.1. The van der Waals surface area contributed by atoms with Crippen LogP contribution in [0.2, 0.25) is 19.6 Å². The van der Waals surface area contributed by atoms with Crippen LogP contribution in [0, 0.1) is 13.8 Å². The molecule has 0 aliphatic carbocycles. The third-order valence-corrected chi connectivity index (χ3v) is 3.15. The van der Waals surface area contributed by atoms with Crippen molar-refractivity contribution in [3.63, 3.8) is 0 Å². The standard InChI is InChI=1S/C14H21NOSi/c1-11-8-7-9-12(2)14(11)10-15-13(3)16-17(4,5)6/h7-10H,3H2,1-2,4-6H3. The summed E-state index contributed by atoms with van der Waals surface area (Å²) in [5.74, 6) is 0.506. The molecule has 0 saturated carbocycles. The van der Waals surface area contributed by atoms with Gasteiger partial charge in [0.2, 0.25) is 8.32 Å². The average Bonchev–Trinajstić information content (AvgIpc) is 2.14. The number of aliphatic imine (C=N–C) groups is 1. The molecule has 0 atom stereocenters. The summed E-state index contributed by atoms with van der Waals surface area (Å²) >= 11 is 0. The van der Waals surface area contributed by atoms with Gasteiger partial charge in [-0.15, -0.1) is 0 Å². The quantitative estimate of drug-likeness (QED) is 0.447. The zero-order valence-corrected chi connectivity index (χ0v) is 12.4. The van der Waals surface area contributed by atoms with E-state index >= 15 is 0 Å². The minimum Gasteiger partial charge on any atom is -0.532 e. The maximum absolute atomic E-state index is 5.69. The molecule has 92 valence electrons. The number of hydrogen-bond donors (Lipinski definition) is 0. The molecular formula is C14H21NOSi. The van der Waals surface area contributed by atoms with E-state index in [1.165, 1.54) is 11.1 Å². The smallest absolute Gasteiger partial charge is 0.244 e. The first kappa shape index (κ1) is 13.7. The molecule has 0 amide bonds. The molecule has 2 nitrogen and oxygen atoms in total. The Morgan fingerprint density at radius 3 is 2.24 bits per heavy atom. The summed E-state index contributed by atoms with van der Waals surface area (Å²) in [6, 6.07) is 6.21. The average molecular weight is 247 g/mol. The maximum atomic E-state index is 5.69. The van der Waals surface area contributed by atoms with E-state index in [-0.39, 0.29) is 0 Å². The number of rotatable bonds is 4. The summed E-state index contributed by atoms with van der Waals surface area (Å²) in [6.07, 6.45) is 1.84. The Labute approximate surface area is 105 Å². The van der Waals surface area contributed by atoms with Crippen molar-refractivity contribution in [2.45, 2.75) is 33.5 Å². The molecule has 1 rings (SSSR count). The van der Waals surface area contributed by atoms with Crippen LogP contribution >= 0.6 is 0 Å². The van der Waals surface area contributed by atoms with Crippen LogP contribution in [0.15, 0.2) is 35.7 Å². The molecule has 0 aromatic heterocycles. The van der Waals surface area contributed by atoms with Crippen molar-refractivity contribution in [2.75, 3.05) is 0 Å². The van der Waals surface area contributed by atoms with E-state index in [9.17, 15) is 0 Å². The highest BCUT2D eigenvalue weighted by Gasteiger charge is 2.16. The molecule has 0 heterocycles. The van der Waals surface area contributed by atoms with E-state index in [4.69, 9.17) is 4.43 Å². The fraction of sp³-hybridized carbons (Fsp3) is 0.357. The first-order chi connectivity index (χ1) is 7.79. The van der Waals surface area contributed by atoms with Gasteiger partial charge < -0.3 is 4.43 Å². The molecular weight excluding hydrogens is 226 g/mol. The van der Waals surface area contributed by atoms with Crippen LogP contribution in [-0.2, 0) is 4.43 Å². The van der Waals surface area contributed by atoms with E-state index in [2.05, 4.69) is 63.3 Å². The van der Waals surface area contributed by atoms with Crippen LogP contribution in [0.25, 0.3) is 0 Å². The minimum atomic E-state index is -1.60. The summed E-state index contributed by atoms with van der Waals surface area (Å²) in [6.45, 7) is 14.3. The molecule has 0 radical (unpaired) electrons. The van der Waals surface area contributed by atoms with Crippen molar-refractivity contribution in [3.8, 4) is 0 Å². The highest BCUT2D eigenvalue weighted by Crippen LogP contribution is 2.13. The molecule has 0 fully saturated rings. The van der Waals surface area contributed by atoms with Crippen molar-refractivity contribution in [1.29, 1.82) is 0 Å². The fourth-order valence-corrected chi connectivity index (χ4v) is 2.31. The molecule has 3 heteroatoms. The van der Waals surface area contributed by atoms with Crippen molar-refractivity contribution < 1.29 is 4.43 Å². The second-order valence-corrected chi connectivity index (χ2v) is 9.60. The van der Waals surface area contributed by atoms with Crippen molar-refractivity contribution in [3.05, 3.63) is 47.4 Å². The molecule has 0 N–H and O–H groups in total. The Bertz CT molecular complexity index is 424. The molecule has 0 aliphatic rings. The molecule has 0 bridgehead atoms. The topological polar surface area (TPSA) is 21.6 Å². The maximum Gasteiger partial charge on any atom is 0.244 e. The predicted molar refractivity (Wildman–Crippen MR) is 77.1 cm³/mol. The van der Waals surface area contributed by atoms with Gasteiger partial charge in [-0.3, -0.25) is 0 Å². The molecule has 0 saturated heterocycles. The second kappa shape index (κ2) is 5.32. The van der Waals surface area contributed by atoms with Crippen LogP contribution in [0.3, 0.4) is 0 Å². The van der Waals surface area contributed by atoms with E-state index in [1.807, 2.05) is 6.21 Å². The molecule has 0 unspecified atom stereocenters. The summed E-state index contributed by atoms with van der Waals surface area (Å²) in [4.78, 5) is 4.29. The van der Waals surface area contributed by atoms with Gasteiger partial charge in [-0.25, -0.2) is 4.99 Å². The summed E-state index contributed by atoms with van der Waals surface area (Å²) in [5, 5.41) is 0. The SMILES string of the molecule is C=C(N=Cc1c(C)cccc1C)O[Si](C)(C)C. The molecule has 0 spiro atoms. The third-order valence-electron chi connectivity index (χ3n) is 2.30. The molecule has 17 heavy (non-hydrogen) atoms. The summed E-state index contributed by atoms with van der Waals surface area (Å²) < 4.78 is 5.69. The number of benzene rings is 1. The zero-order valence-electron chi connectivity index (χ0n) is 11.4. The molecule has 1 aromatic rings. The first-order valence-corrected chi connectivity index (χ1v) is 9.18. The van der Waals surface area contributed by atoms with Gasteiger partial charge in [0.15, 0.2) is 5.88 Å². The lowest BCUT2D eigenvalue weighted by Crippen LogP contribution is -2.24. The van der Waals surface area contributed by atoms with Crippen LogP contribution in [-0.4, -0.2) is 14.5 Å². The van der Waals surface area contributed by atoms with Gasteiger partial charge in [-0.05, 0) is 56.8 Å². The Morgan fingerprint density at radius 1 is 1.24 bits per heavy atom. The van der Waals surface area contributed by atoms with Gasteiger partial charge in [0.25, 0.3) is 0 Å². The summed E-state index contributed by atoms with van der Waals surface area (Å²) in [5.41, 5.74) is 3.58. The van der Waals surface area contributed by atoms with Crippen LogP contribution in [0.1, 0.15) is 16.7 Å². The molecule has 1 aromatic carbocycles. The predicted octanol–water partition coefficient (Wildman–Crippen LogP) is 4.05. The molecule has 0 aliphatic heterocycles. The van der Waals surface area contributed by atoms with E-state index in [0.717, 1.165) is 5.56 Å². The third kappa shape index (κ3) is 4.57. The Hall–Kier alpha value is -1.35. The monoisotopic (exact) mass is 247 g/mol. The van der Waals surface area contributed by atoms with Crippen molar-refractivity contribution in [2.24, 2.45) is 4.99 Å². The van der Waals surface area contributed by atoms with E-state index < -0.39 is 8.32 Å². The lowest BCUT2D eigenvalue weighted by atomic mass is 10.0. The fourth-order valence-electron chi connectivity index (χ4n) is 1.55. The number of hydrogen-bond acceptors (Lipinski definition) is 2. The Morgan fingerprint density at radius 2 is 1.76 bits per heavy atom. The van der Waals surface area contributed by atoms with Crippen LogP contribution in [0.4, 0.5) is 0 Å². The van der Waals surface area contributed by atoms with Crippen LogP contribution < -0.4 is 0 Å². The summed E-state index contributed by atoms with van der Waals surface area (Å²) in [7, 11) is -1.60. The highest BCUT2D eigenvalue weighted by atomic mass is 28.4. The van der Waals surface area contributed by atoms with E-state index in [1.54, 1.807) is 0 Å². The van der Waals surface area contributed by atoms with Crippen LogP contribution in [0.5, 0.6) is 0 Å². The van der Waals surface area contributed by atoms with Gasteiger partial charge in [0, 0.05) is 6.21 Å². The Kier molecular flexibility index (Phi) is 4.29. The van der Waals surface area contributed by atoms with Crippen molar-refractivity contribution >= 4 is 14.5 Å². The lowest BCUT2D eigenvalue weighted by Gasteiger charge is -2.18. The Balaban J connectivity index is 2.81. The largest absolute Gasteiger partial charge is 0.532 e. The van der Waals surface area contributed by atoms with Gasteiger partial charge in [0.05, 0.1) is 0 Å². The van der Waals surface area contributed by atoms with Gasteiger partial charge >= 0.3 is 0 Å². The normalized spacial score (nSPS) is 11.8. The van der Waals surface area contributed by atoms with Gasteiger partial charge in [0.1, 0.15) is 0 Å². The minimum absolute atomic E-state index is 0.506.